The smallest absolute Gasteiger partial charge is 0.288 e. The third-order valence-electron chi connectivity index (χ3n) is 4.04. The topological polar surface area (TPSA) is 87.5 Å². The molecule has 0 unspecified atom stereocenters. The summed E-state index contributed by atoms with van der Waals surface area (Å²) in [5, 5.41) is 6.21. The molecule has 3 rings (SSSR count). The Morgan fingerprint density at radius 1 is 1.38 bits per heavy atom. The average Bonchev–Trinajstić information content (AvgIpc) is 2.90. The summed E-state index contributed by atoms with van der Waals surface area (Å²) >= 11 is 0. The van der Waals surface area contributed by atoms with Gasteiger partial charge in [0.15, 0.2) is 0 Å². The van der Waals surface area contributed by atoms with Crippen molar-refractivity contribution in [2.24, 2.45) is 0 Å². The summed E-state index contributed by atoms with van der Waals surface area (Å²) in [6.45, 7) is 4.16. The number of rotatable bonds is 2. The van der Waals surface area contributed by atoms with Gasteiger partial charge in [0.2, 0.25) is 10.0 Å². The molecule has 2 aromatic heterocycles. The lowest BCUT2D eigenvalue weighted by molar-refractivity contribution is 0.268. The second kappa shape index (κ2) is 4.96. The number of nitrogens with one attached hydrogen (secondary N) is 1. The number of hydrogen-bond donors (Lipinski definition) is 1. The molecular formula is C13H18N4O3S. The lowest BCUT2D eigenvalue weighted by atomic mass is 10.1. The van der Waals surface area contributed by atoms with Gasteiger partial charge in [-0.3, -0.25) is 9.20 Å². The van der Waals surface area contributed by atoms with E-state index in [0.717, 1.165) is 19.3 Å². The molecule has 8 heteroatoms. The normalized spacial score (nSPS) is 21.0. The van der Waals surface area contributed by atoms with Crippen LogP contribution in [-0.2, 0) is 10.0 Å². The van der Waals surface area contributed by atoms with Crippen LogP contribution in [0.25, 0.3) is 5.52 Å². The second-order valence-corrected chi connectivity index (χ2v) is 7.38. The van der Waals surface area contributed by atoms with E-state index in [9.17, 15) is 13.2 Å². The van der Waals surface area contributed by atoms with Crippen LogP contribution in [0.2, 0.25) is 0 Å². The van der Waals surface area contributed by atoms with Gasteiger partial charge in [-0.15, -0.1) is 0 Å². The first-order chi connectivity index (χ1) is 9.91. The Balaban J connectivity index is 2.13. The summed E-state index contributed by atoms with van der Waals surface area (Å²) in [6.07, 6.45) is 4.27. The highest BCUT2D eigenvalue weighted by molar-refractivity contribution is 7.89. The molecule has 1 aliphatic heterocycles. The van der Waals surface area contributed by atoms with E-state index in [2.05, 4.69) is 10.2 Å². The van der Waals surface area contributed by atoms with E-state index in [4.69, 9.17) is 0 Å². The minimum absolute atomic E-state index is 0.00994. The highest BCUT2D eigenvalue weighted by Crippen LogP contribution is 2.26. The van der Waals surface area contributed by atoms with Gasteiger partial charge in [-0.05, 0) is 32.8 Å². The molecule has 1 atom stereocenters. The maximum atomic E-state index is 12.8. The molecule has 0 bridgehead atoms. The fraction of sp³-hybridized carbons (Fsp3) is 0.538. The van der Waals surface area contributed by atoms with E-state index < -0.39 is 15.6 Å². The van der Waals surface area contributed by atoms with Crippen molar-refractivity contribution in [1.82, 2.24) is 18.9 Å². The zero-order chi connectivity index (χ0) is 15.2. The Morgan fingerprint density at radius 2 is 2.14 bits per heavy atom. The monoisotopic (exact) mass is 310 g/mol. The lowest BCUT2D eigenvalue weighted by Crippen LogP contribution is -2.41. The fourth-order valence-corrected chi connectivity index (χ4v) is 4.55. The van der Waals surface area contributed by atoms with Crippen molar-refractivity contribution in [3.8, 4) is 0 Å². The summed E-state index contributed by atoms with van der Waals surface area (Å²) in [4.78, 5) is 11.9. The van der Waals surface area contributed by atoms with E-state index in [1.54, 1.807) is 6.92 Å². The van der Waals surface area contributed by atoms with Crippen molar-refractivity contribution >= 4 is 15.5 Å². The molecule has 1 aliphatic rings. The number of piperidine rings is 1. The maximum Gasteiger partial charge on any atom is 0.288 e. The van der Waals surface area contributed by atoms with Gasteiger partial charge in [-0.2, -0.15) is 9.40 Å². The first kappa shape index (κ1) is 14.3. The number of hydrogen-bond acceptors (Lipinski definition) is 4. The number of fused-ring (bicyclic) bond motifs is 1. The van der Waals surface area contributed by atoms with Crippen LogP contribution in [0.3, 0.4) is 0 Å². The molecule has 1 saturated heterocycles. The van der Waals surface area contributed by atoms with Crippen LogP contribution < -0.4 is 5.56 Å². The van der Waals surface area contributed by atoms with Crippen LogP contribution in [0.4, 0.5) is 0 Å². The summed E-state index contributed by atoms with van der Waals surface area (Å²) in [5.41, 5.74) is -0.0977. The molecule has 0 aromatic carbocycles. The Bertz CT molecular complexity index is 837. The molecular weight excluding hydrogens is 292 g/mol. The molecule has 2 aromatic rings. The SMILES string of the molecule is Cc1n[nH]c(=O)c2cc(S(=O)(=O)N3CCCC[C@H]3C)cn12. The zero-order valence-corrected chi connectivity index (χ0v) is 12.9. The molecule has 1 N–H and O–H groups in total. The number of aromatic nitrogens is 3. The van der Waals surface area contributed by atoms with Crippen LogP contribution in [0, 0.1) is 6.92 Å². The molecule has 1 fully saturated rings. The highest BCUT2D eigenvalue weighted by Gasteiger charge is 2.32. The fourth-order valence-electron chi connectivity index (χ4n) is 2.83. The maximum absolute atomic E-state index is 12.8. The predicted octanol–water partition coefficient (Wildman–Crippen LogP) is 0.894. The molecule has 7 nitrogen and oxygen atoms in total. The Kier molecular flexibility index (Phi) is 3.37. The van der Waals surface area contributed by atoms with E-state index in [1.165, 1.54) is 21.0 Å². The molecule has 21 heavy (non-hydrogen) atoms. The summed E-state index contributed by atoms with van der Waals surface area (Å²) in [5.74, 6) is 0.540. The first-order valence-electron chi connectivity index (χ1n) is 7.00. The summed E-state index contributed by atoms with van der Waals surface area (Å²) < 4.78 is 28.6. The standard InChI is InChI=1S/C13H18N4O3S/c1-9-5-3-4-6-17(9)21(19,20)11-7-12-13(18)15-14-10(2)16(12)8-11/h7-9H,3-6H2,1-2H3,(H,15,18)/t9-/m1/s1. The predicted molar refractivity (Wildman–Crippen MR) is 77.8 cm³/mol. The summed E-state index contributed by atoms with van der Waals surface area (Å²) in [7, 11) is -3.57. The number of sulfonamides is 1. The van der Waals surface area contributed by atoms with E-state index in [1.807, 2.05) is 6.92 Å². The molecule has 0 saturated carbocycles. The van der Waals surface area contributed by atoms with Gasteiger partial charge in [0.25, 0.3) is 5.56 Å². The number of aromatic amines is 1. The third kappa shape index (κ3) is 2.28. The van der Waals surface area contributed by atoms with E-state index in [0.29, 0.717) is 17.9 Å². The van der Waals surface area contributed by atoms with Crippen molar-refractivity contribution in [1.29, 1.82) is 0 Å². The van der Waals surface area contributed by atoms with Crippen LogP contribution in [-0.4, -0.2) is 39.9 Å². The molecule has 0 amide bonds. The molecule has 0 spiro atoms. The van der Waals surface area contributed by atoms with Crippen molar-refractivity contribution in [3.63, 3.8) is 0 Å². The molecule has 114 valence electrons. The van der Waals surface area contributed by atoms with Gasteiger partial charge in [-0.1, -0.05) is 6.42 Å². The molecule has 3 heterocycles. The van der Waals surface area contributed by atoms with Gasteiger partial charge in [0.1, 0.15) is 16.2 Å². The van der Waals surface area contributed by atoms with Gasteiger partial charge in [-0.25, -0.2) is 13.5 Å². The number of H-pyrrole nitrogens is 1. The van der Waals surface area contributed by atoms with Crippen LogP contribution >= 0.6 is 0 Å². The minimum atomic E-state index is -3.57. The van der Waals surface area contributed by atoms with Crippen LogP contribution in [0.15, 0.2) is 22.0 Å². The van der Waals surface area contributed by atoms with E-state index in [-0.39, 0.29) is 10.9 Å². The quantitative estimate of drug-likeness (QED) is 0.892. The summed E-state index contributed by atoms with van der Waals surface area (Å²) in [6, 6.07) is 1.41. The van der Waals surface area contributed by atoms with Crippen molar-refractivity contribution in [2.45, 2.75) is 44.0 Å². The Labute approximate surface area is 122 Å². The molecule has 0 radical (unpaired) electrons. The van der Waals surface area contributed by atoms with Crippen molar-refractivity contribution in [3.05, 3.63) is 28.4 Å². The van der Waals surface area contributed by atoms with Crippen molar-refractivity contribution < 1.29 is 8.42 Å². The zero-order valence-electron chi connectivity index (χ0n) is 12.0. The van der Waals surface area contributed by atoms with Gasteiger partial charge < -0.3 is 0 Å². The van der Waals surface area contributed by atoms with Crippen LogP contribution in [0.5, 0.6) is 0 Å². The van der Waals surface area contributed by atoms with Gasteiger partial charge in [0, 0.05) is 18.8 Å². The largest absolute Gasteiger partial charge is 0.298 e. The average molecular weight is 310 g/mol. The number of aryl methyl sites for hydroxylation is 1. The van der Waals surface area contributed by atoms with Gasteiger partial charge >= 0.3 is 0 Å². The minimum Gasteiger partial charge on any atom is -0.298 e. The highest BCUT2D eigenvalue weighted by atomic mass is 32.2. The third-order valence-corrected chi connectivity index (χ3v) is 6.02. The second-order valence-electron chi connectivity index (χ2n) is 5.49. The lowest BCUT2D eigenvalue weighted by Gasteiger charge is -2.31. The van der Waals surface area contributed by atoms with Crippen LogP contribution in [0.1, 0.15) is 32.0 Å². The Morgan fingerprint density at radius 3 is 2.81 bits per heavy atom. The Hall–Kier alpha value is -1.67. The van der Waals surface area contributed by atoms with E-state index >= 15 is 0 Å². The van der Waals surface area contributed by atoms with Gasteiger partial charge in [0.05, 0.1) is 0 Å². The first-order valence-corrected chi connectivity index (χ1v) is 8.44. The molecule has 0 aliphatic carbocycles. The van der Waals surface area contributed by atoms with Crippen molar-refractivity contribution in [2.75, 3.05) is 6.54 Å². The number of nitrogens with zero attached hydrogens (tertiary/aromatic N) is 3.